The minimum absolute atomic E-state index is 0.264. The van der Waals surface area contributed by atoms with Gasteiger partial charge < -0.3 is 4.90 Å². The summed E-state index contributed by atoms with van der Waals surface area (Å²) in [5.74, 6) is -0.264. The van der Waals surface area contributed by atoms with Crippen molar-refractivity contribution in [1.82, 2.24) is 10.2 Å². The van der Waals surface area contributed by atoms with Crippen molar-refractivity contribution >= 4 is 34.8 Å². The fourth-order valence-corrected chi connectivity index (χ4v) is 1.77. The lowest BCUT2D eigenvalue weighted by Crippen LogP contribution is -2.42. The Labute approximate surface area is 123 Å². The quantitative estimate of drug-likeness (QED) is 0.669. The molecule has 1 aromatic rings. The van der Waals surface area contributed by atoms with Crippen LogP contribution < -0.4 is 5.32 Å². The second kappa shape index (κ2) is 7.71. The Hall–Kier alpha value is -1.65. The summed E-state index contributed by atoms with van der Waals surface area (Å²) in [6, 6.07) is 6.60. The average molecular weight is 295 g/mol. The number of nitrogens with zero attached hydrogens (tertiary/aromatic N) is 1. The molecule has 5 heteroatoms. The maximum Gasteiger partial charge on any atom is 0.257 e. The van der Waals surface area contributed by atoms with Crippen LogP contribution in [-0.4, -0.2) is 29.0 Å². The minimum Gasteiger partial charge on any atom is -0.342 e. The lowest BCUT2D eigenvalue weighted by Gasteiger charge is -2.22. The molecule has 0 unspecified atom stereocenters. The number of benzene rings is 1. The van der Waals surface area contributed by atoms with Crippen molar-refractivity contribution in [3.05, 3.63) is 60.2 Å². The molecule has 100 valence electrons. The van der Waals surface area contributed by atoms with Gasteiger partial charge in [0.2, 0.25) is 0 Å². The molecule has 1 rings (SSSR count). The third-order valence-electron chi connectivity index (χ3n) is 2.31. The van der Waals surface area contributed by atoms with Gasteiger partial charge in [0.05, 0.1) is 0 Å². The highest BCUT2D eigenvalue weighted by Crippen LogP contribution is 2.09. The van der Waals surface area contributed by atoms with Crippen LogP contribution >= 0.6 is 23.8 Å². The predicted octanol–water partition coefficient (Wildman–Crippen LogP) is 3.03. The smallest absolute Gasteiger partial charge is 0.257 e. The van der Waals surface area contributed by atoms with Gasteiger partial charge in [-0.1, -0.05) is 23.8 Å². The zero-order valence-corrected chi connectivity index (χ0v) is 12.0. The van der Waals surface area contributed by atoms with E-state index in [1.165, 1.54) is 0 Å². The molecule has 0 aliphatic carbocycles. The molecule has 0 bridgehead atoms. The molecule has 0 radical (unpaired) electrons. The Bertz CT molecular complexity index is 475. The number of rotatable bonds is 5. The molecule has 0 fully saturated rings. The molecule has 1 amide bonds. The van der Waals surface area contributed by atoms with E-state index in [9.17, 15) is 4.79 Å². The van der Waals surface area contributed by atoms with E-state index in [-0.39, 0.29) is 5.91 Å². The Morgan fingerprint density at radius 3 is 2.26 bits per heavy atom. The molecule has 19 heavy (non-hydrogen) atoms. The normalized spacial score (nSPS) is 9.53. The molecule has 0 aromatic heterocycles. The third-order valence-corrected chi connectivity index (χ3v) is 2.93. The molecule has 0 aliphatic heterocycles. The van der Waals surface area contributed by atoms with E-state index in [1.54, 1.807) is 41.3 Å². The zero-order chi connectivity index (χ0) is 14.3. The number of carbonyl (C=O) groups excluding carboxylic acids is 1. The first kappa shape index (κ1) is 15.4. The van der Waals surface area contributed by atoms with Crippen LogP contribution in [0.2, 0.25) is 5.02 Å². The zero-order valence-electron chi connectivity index (χ0n) is 10.4. The molecule has 1 N–H and O–H groups in total. The van der Waals surface area contributed by atoms with Crippen molar-refractivity contribution in [2.24, 2.45) is 0 Å². The van der Waals surface area contributed by atoms with Crippen molar-refractivity contribution in [2.75, 3.05) is 13.1 Å². The summed E-state index contributed by atoms with van der Waals surface area (Å²) in [7, 11) is 0. The van der Waals surface area contributed by atoms with Crippen LogP contribution in [0.15, 0.2) is 49.6 Å². The van der Waals surface area contributed by atoms with Crippen LogP contribution in [0, 0.1) is 0 Å². The average Bonchev–Trinajstić information content (AvgIpc) is 2.39. The second-order valence-electron chi connectivity index (χ2n) is 3.75. The van der Waals surface area contributed by atoms with Crippen molar-refractivity contribution in [2.45, 2.75) is 0 Å². The van der Waals surface area contributed by atoms with Crippen LogP contribution in [0.1, 0.15) is 10.4 Å². The number of hydrogen-bond donors (Lipinski definition) is 1. The maximum absolute atomic E-state index is 12.0. The first-order valence-electron chi connectivity index (χ1n) is 5.66. The molecule has 0 aliphatic rings. The Balaban J connectivity index is 2.69. The molecule has 0 saturated carbocycles. The monoisotopic (exact) mass is 294 g/mol. The van der Waals surface area contributed by atoms with E-state index < -0.39 is 0 Å². The molecule has 0 heterocycles. The summed E-state index contributed by atoms with van der Waals surface area (Å²) in [6.07, 6.45) is 3.43. The molecule has 1 aromatic carbocycles. The van der Waals surface area contributed by atoms with Crippen molar-refractivity contribution in [3.63, 3.8) is 0 Å². The fourth-order valence-electron chi connectivity index (χ4n) is 1.40. The molecule has 0 spiro atoms. The fraction of sp³-hybridized carbons (Fsp3) is 0.143. The summed E-state index contributed by atoms with van der Waals surface area (Å²) in [5.41, 5.74) is 0.504. The second-order valence-corrected chi connectivity index (χ2v) is 4.57. The van der Waals surface area contributed by atoms with Gasteiger partial charge >= 0.3 is 0 Å². The molecule has 0 saturated heterocycles. The Morgan fingerprint density at radius 2 is 1.79 bits per heavy atom. The Kier molecular flexibility index (Phi) is 6.25. The minimum atomic E-state index is -0.264. The number of halogens is 1. The van der Waals surface area contributed by atoms with E-state index in [0.717, 1.165) is 0 Å². The van der Waals surface area contributed by atoms with Gasteiger partial charge in [0, 0.05) is 23.7 Å². The topological polar surface area (TPSA) is 32.3 Å². The van der Waals surface area contributed by atoms with Gasteiger partial charge in [0.1, 0.15) is 0 Å². The van der Waals surface area contributed by atoms with Crippen LogP contribution in [0.5, 0.6) is 0 Å². The van der Waals surface area contributed by atoms with E-state index in [1.807, 2.05) is 0 Å². The van der Waals surface area contributed by atoms with Crippen LogP contribution in [0.4, 0.5) is 0 Å². The first-order valence-corrected chi connectivity index (χ1v) is 6.44. The van der Waals surface area contributed by atoms with Crippen molar-refractivity contribution in [3.8, 4) is 0 Å². The number of thiocarbonyl (C=S) groups is 1. The highest BCUT2D eigenvalue weighted by molar-refractivity contribution is 7.80. The summed E-state index contributed by atoms with van der Waals surface area (Å²) in [5, 5.41) is 3.59. The largest absolute Gasteiger partial charge is 0.342 e. The summed E-state index contributed by atoms with van der Waals surface area (Å²) < 4.78 is 0. The predicted molar refractivity (Wildman–Crippen MR) is 83.5 cm³/mol. The summed E-state index contributed by atoms with van der Waals surface area (Å²) in [6.45, 7) is 8.39. The van der Waals surface area contributed by atoms with Gasteiger partial charge in [-0.25, -0.2) is 0 Å². The number of nitrogens with one attached hydrogen (secondary N) is 1. The maximum atomic E-state index is 12.0. The van der Waals surface area contributed by atoms with Crippen molar-refractivity contribution < 1.29 is 4.79 Å². The molecule has 0 atom stereocenters. The summed E-state index contributed by atoms with van der Waals surface area (Å²) >= 11 is 10.9. The molecular weight excluding hydrogens is 280 g/mol. The molecule has 3 nitrogen and oxygen atoms in total. The van der Waals surface area contributed by atoms with Crippen molar-refractivity contribution in [1.29, 1.82) is 0 Å². The third kappa shape index (κ3) is 4.85. The first-order chi connectivity index (χ1) is 9.08. The summed E-state index contributed by atoms with van der Waals surface area (Å²) in [4.78, 5) is 13.7. The molecular formula is C14H15ClN2OS. The van der Waals surface area contributed by atoms with E-state index in [4.69, 9.17) is 23.8 Å². The van der Waals surface area contributed by atoms with E-state index >= 15 is 0 Å². The lowest BCUT2D eigenvalue weighted by atomic mass is 10.2. The highest BCUT2D eigenvalue weighted by Gasteiger charge is 2.11. The van der Waals surface area contributed by atoms with Gasteiger partial charge in [0.25, 0.3) is 5.91 Å². The van der Waals surface area contributed by atoms with Gasteiger partial charge in [-0.15, -0.1) is 13.2 Å². The number of carbonyl (C=O) groups is 1. The highest BCUT2D eigenvalue weighted by atomic mass is 35.5. The van der Waals surface area contributed by atoms with Crippen LogP contribution in [0.25, 0.3) is 0 Å². The van der Waals surface area contributed by atoms with Gasteiger partial charge in [0.15, 0.2) is 5.11 Å². The lowest BCUT2D eigenvalue weighted by molar-refractivity contribution is 0.0974. The van der Waals surface area contributed by atoms with Gasteiger partial charge in [-0.2, -0.15) is 0 Å². The Morgan fingerprint density at radius 1 is 1.26 bits per heavy atom. The van der Waals surface area contributed by atoms with Crippen LogP contribution in [0.3, 0.4) is 0 Å². The SMILES string of the molecule is C=CCN(CC=C)C(=S)NC(=O)c1ccc(Cl)cc1. The van der Waals surface area contributed by atoms with Gasteiger partial charge in [-0.3, -0.25) is 10.1 Å². The number of hydrogen-bond acceptors (Lipinski definition) is 2. The number of amides is 1. The van der Waals surface area contributed by atoms with Crippen LogP contribution in [-0.2, 0) is 0 Å². The van der Waals surface area contributed by atoms with Gasteiger partial charge in [-0.05, 0) is 36.5 Å². The van der Waals surface area contributed by atoms with E-state index in [0.29, 0.717) is 28.8 Å². The standard InChI is InChI=1S/C14H15ClN2OS/c1-3-9-17(10-4-2)14(19)16-13(18)11-5-7-12(15)8-6-11/h3-8H,1-2,9-10H2,(H,16,18,19). The van der Waals surface area contributed by atoms with E-state index in [2.05, 4.69) is 18.5 Å².